The number of nitrogens with zero attached hydrogens (tertiary/aromatic N) is 1. The first-order valence-corrected chi connectivity index (χ1v) is 11.3. The van der Waals surface area contributed by atoms with Gasteiger partial charge in [-0.1, -0.05) is 30.3 Å². The summed E-state index contributed by atoms with van der Waals surface area (Å²) >= 11 is 0. The van der Waals surface area contributed by atoms with Gasteiger partial charge in [0.05, 0.1) is 21.5 Å². The van der Waals surface area contributed by atoms with E-state index < -0.39 is 21.8 Å². The molecule has 4 aromatic rings. The minimum absolute atomic E-state index is 0.0545. The molecule has 0 saturated carbocycles. The van der Waals surface area contributed by atoms with Crippen LogP contribution < -0.4 is 5.14 Å². The number of hydrogen-bond acceptors (Lipinski definition) is 3. The van der Waals surface area contributed by atoms with Crippen LogP contribution >= 0.6 is 0 Å². The van der Waals surface area contributed by atoms with Crippen molar-refractivity contribution in [3.8, 4) is 11.1 Å². The van der Waals surface area contributed by atoms with Gasteiger partial charge in [-0.15, -0.1) is 0 Å². The molecule has 0 bridgehead atoms. The number of aromatic nitrogens is 2. The number of primary sulfonamides is 1. The highest BCUT2D eigenvalue weighted by atomic mass is 32.2. The Morgan fingerprint density at radius 2 is 1.69 bits per heavy atom. The molecule has 0 aliphatic carbocycles. The molecule has 1 aromatic heterocycles. The summed E-state index contributed by atoms with van der Waals surface area (Å²) in [6, 6.07) is 15.5. The maximum atomic E-state index is 12.7. The summed E-state index contributed by atoms with van der Waals surface area (Å²) in [5.74, 6) is 0.688. The fraction of sp³-hybridized carbons (Fsp3) is 0.174. The summed E-state index contributed by atoms with van der Waals surface area (Å²) < 4.78 is 62.2. The van der Waals surface area contributed by atoms with Crippen LogP contribution in [0.15, 0.2) is 65.6 Å². The lowest BCUT2D eigenvalue weighted by Gasteiger charge is -2.09. The van der Waals surface area contributed by atoms with E-state index in [1.165, 1.54) is 18.2 Å². The zero-order valence-corrected chi connectivity index (χ0v) is 17.9. The molecule has 0 amide bonds. The van der Waals surface area contributed by atoms with Crippen LogP contribution in [0.2, 0.25) is 0 Å². The van der Waals surface area contributed by atoms with Crippen LogP contribution in [-0.2, 0) is 29.0 Å². The second-order valence-electron chi connectivity index (χ2n) is 7.65. The number of aryl methyl sites for hydroxylation is 3. The van der Waals surface area contributed by atoms with Crippen LogP contribution in [0.4, 0.5) is 13.2 Å². The Hall–Kier alpha value is -3.17. The molecular weight excluding hydrogens is 439 g/mol. The van der Waals surface area contributed by atoms with Gasteiger partial charge in [0.2, 0.25) is 10.0 Å². The van der Waals surface area contributed by atoms with E-state index >= 15 is 0 Å². The van der Waals surface area contributed by atoms with Gasteiger partial charge in [0.25, 0.3) is 0 Å². The van der Waals surface area contributed by atoms with Crippen LogP contribution in [0.25, 0.3) is 22.2 Å². The molecule has 5 nitrogen and oxygen atoms in total. The largest absolute Gasteiger partial charge is 0.416 e. The lowest BCUT2D eigenvalue weighted by Crippen LogP contribution is -2.13. The summed E-state index contributed by atoms with van der Waals surface area (Å²) in [6.07, 6.45) is -3.31. The second kappa shape index (κ2) is 8.07. The molecule has 0 fully saturated rings. The fourth-order valence-electron chi connectivity index (χ4n) is 3.57. The standard InChI is InChI=1S/C23H20F3N3O2S/c1-14-2-9-18(21(12-14)32(27,30)31)16-6-10-19-20(13-16)29-22(28-19)11-5-15-3-7-17(8-4-15)23(24,25)26/h2-4,6-10,12-13H,5,11H2,1H3,(H,28,29)(H2,27,30,31). The molecule has 166 valence electrons. The van der Waals surface area contributed by atoms with Crippen molar-refractivity contribution in [3.05, 3.63) is 83.2 Å². The van der Waals surface area contributed by atoms with Gasteiger partial charge in [-0.25, -0.2) is 18.5 Å². The summed E-state index contributed by atoms with van der Waals surface area (Å²) in [6.45, 7) is 1.79. The zero-order valence-electron chi connectivity index (χ0n) is 17.1. The molecule has 0 aliphatic heterocycles. The topological polar surface area (TPSA) is 88.8 Å². The monoisotopic (exact) mass is 459 g/mol. The Labute approximate surface area is 183 Å². The van der Waals surface area contributed by atoms with Crippen LogP contribution in [-0.4, -0.2) is 18.4 Å². The van der Waals surface area contributed by atoms with Gasteiger partial charge in [-0.2, -0.15) is 13.2 Å². The minimum Gasteiger partial charge on any atom is -0.342 e. The quantitative estimate of drug-likeness (QED) is 0.441. The Kier molecular flexibility index (Phi) is 5.56. The second-order valence-corrected chi connectivity index (χ2v) is 9.18. The van der Waals surface area contributed by atoms with Crippen molar-refractivity contribution in [2.24, 2.45) is 5.14 Å². The Morgan fingerprint density at radius 1 is 0.969 bits per heavy atom. The smallest absolute Gasteiger partial charge is 0.342 e. The van der Waals surface area contributed by atoms with E-state index in [2.05, 4.69) is 9.97 Å². The van der Waals surface area contributed by atoms with Crippen molar-refractivity contribution >= 4 is 21.1 Å². The summed E-state index contributed by atoms with van der Waals surface area (Å²) in [5, 5.41) is 5.40. The van der Waals surface area contributed by atoms with Crippen molar-refractivity contribution in [1.82, 2.24) is 9.97 Å². The number of imidazole rings is 1. The molecule has 0 spiro atoms. The number of aromatic amines is 1. The van der Waals surface area contributed by atoms with Crippen LogP contribution in [0.1, 0.15) is 22.5 Å². The number of sulfonamides is 1. The summed E-state index contributed by atoms with van der Waals surface area (Å²) in [4.78, 5) is 7.79. The summed E-state index contributed by atoms with van der Waals surface area (Å²) in [5.41, 5.74) is 3.50. The van der Waals surface area contributed by atoms with Gasteiger partial charge in [0.15, 0.2) is 0 Å². The third-order valence-corrected chi connectivity index (χ3v) is 6.17. The molecule has 0 atom stereocenters. The Morgan fingerprint density at radius 3 is 2.34 bits per heavy atom. The lowest BCUT2D eigenvalue weighted by atomic mass is 10.0. The molecule has 9 heteroatoms. The van der Waals surface area contributed by atoms with Gasteiger partial charge in [0.1, 0.15) is 5.82 Å². The van der Waals surface area contributed by atoms with Crippen LogP contribution in [0.3, 0.4) is 0 Å². The summed E-state index contributed by atoms with van der Waals surface area (Å²) in [7, 11) is -3.90. The molecule has 3 N–H and O–H groups in total. The first kappa shape index (κ1) is 22.0. The molecule has 0 unspecified atom stereocenters. The van der Waals surface area contributed by atoms with E-state index in [0.29, 0.717) is 35.3 Å². The third kappa shape index (κ3) is 4.68. The highest BCUT2D eigenvalue weighted by Crippen LogP contribution is 2.31. The van der Waals surface area contributed by atoms with E-state index in [0.717, 1.165) is 28.8 Å². The molecule has 1 heterocycles. The number of rotatable bonds is 5. The van der Waals surface area contributed by atoms with E-state index in [4.69, 9.17) is 5.14 Å². The number of fused-ring (bicyclic) bond motifs is 1. The number of alkyl halides is 3. The third-order valence-electron chi connectivity index (χ3n) is 5.22. The zero-order chi connectivity index (χ0) is 23.1. The normalized spacial score (nSPS) is 12.4. The van der Waals surface area contributed by atoms with Crippen molar-refractivity contribution in [1.29, 1.82) is 0 Å². The van der Waals surface area contributed by atoms with Gasteiger partial charge in [-0.3, -0.25) is 0 Å². The molecule has 32 heavy (non-hydrogen) atoms. The highest BCUT2D eigenvalue weighted by molar-refractivity contribution is 7.89. The predicted octanol–water partition coefficient (Wildman–Crippen LogP) is 4.99. The molecule has 3 aromatic carbocycles. The van der Waals surface area contributed by atoms with Crippen molar-refractivity contribution < 1.29 is 21.6 Å². The average molecular weight is 459 g/mol. The van der Waals surface area contributed by atoms with E-state index in [1.54, 1.807) is 25.1 Å². The van der Waals surface area contributed by atoms with Gasteiger partial charge in [0, 0.05) is 12.0 Å². The van der Waals surface area contributed by atoms with Gasteiger partial charge >= 0.3 is 6.18 Å². The highest BCUT2D eigenvalue weighted by Gasteiger charge is 2.29. The van der Waals surface area contributed by atoms with Crippen molar-refractivity contribution in [3.63, 3.8) is 0 Å². The maximum absolute atomic E-state index is 12.7. The lowest BCUT2D eigenvalue weighted by molar-refractivity contribution is -0.137. The Bertz CT molecular complexity index is 1390. The van der Waals surface area contributed by atoms with E-state index in [1.807, 2.05) is 12.1 Å². The van der Waals surface area contributed by atoms with E-state index in [9.17, 15) is 21.6 Å². The van der Waals surface area contributed by atoms with Gasteiger partial charge < -0.3 is 4.98 Å². The number of nitrogens with two attached hydrogens (primary N) is 1. The van der Waals surface area contributed by atoms with Crippen molar-refractivity contribution in [2.75, 3.05) is 0 Å². The number of benzene rings is 3. The first-order valence-electron chi connectivity index (χ1n) is 9.79. The first-order chi connectivity index (χ1) is 15.0. The molecule has 0 saturated heterocycles. The van der Waals surface area contributed by atoms with Crippen LogP contribution in [0, 0.1) is 6.92 Å². The number of halogens is 3. The number of nitrogens with one attached hydrogen (secondary N) is 1. The predicted molar refractivity (Wildman–Crippen MR) is 116 cm³/mol. The number of H-pyrrole nitrogens is 1. The maximum Gasteiger partial charge on any atom is 0.416 e. The average Bonchev–Trinajstić information content (AvgIpc) is 3.13. The Balaban J connectivity index is 1.58. The minimum atomic E-state index is -4.35. The molecular formula is C23H20F3N3O2S. The molecule has 0 radical (unpaired) electrons. The molecule has 0 aliphatic rings. The van der Waals surface area contributed by atoms with E-state index in [-0.39, 0.29) is 4.90 Å². The van der Waals surface area contributed by atoms with Gasteiger partial charge in [-0.05, 0) is 60.4 Å². The fourth-order valence-corrected chi connectivity index (χ4v) is 4.42. The van der Waals surface area contributed by atoms with Crippen molar-refractivity contribution in [2.45, 2.75) is 30.8 Å². The molecule has 4 rings (SSSR count). The number of hydrogen-bond donors (Lipinski definition) is 2. The SMILES string of the molecule is Cc1ccc(-c2ccc3nc(CCc4ccc(C(F)(F)F)cc4)[nH]c3c2)c(S(N)(=O)=O)c1. The van der Waals surface area contributed by atoms with Crippen LogP contribution in [0.5, 0.6) is 0 Å².